The SMILES string of the molecule is Cc1cccc(OCCC(=O)N2CCC(c3n[nH]c(=S)n3C)CC2)c1C. The van der Waals surface area contributed by atoms with Gasteiger partial charge in [-0.3, -0.25) is 9.89 Å². The van der Waals surface area contributed by atoms with E-state index in [1.54, 1.807) is 0 Å². The van der Waals surface area contributed by atoms with Crippen LogP contribution in [0.1, 0.15) is 42.1 Å². The molecule has 1 aromatic heterocycles. The minimum Gasteiger partial charge on any atom is -0.493 e. The second kappa shape index (κ2) is 8.03. The molecule has 0 aliphatic carbocycles. The smallest absolute Gasteiger partial charge is 0.225 e. The molecule has 0 saturated carbocycles. The van der Waals surface area contributed by atoms with Crippen molar-refractivity contribution in [3.63, 3.8) is 0 Å². The molecule has 26 heavy (non-hydrogen) atoms. The predicted molar refractivity (Wildman–Crippen MR) is 103 cm³/mol. The number of hydrogen-bond donors (Lipinski definition) is 1. The minimum absolute atomic E-state index is 0.157. The lowest BCUT2D eigenvalue weighted by Gasteiger charge is -2.31. The fraction of sp³-hybridized carbons (Fsp3) is 0.526. The van der Waals surface area contributed by atoms with Crippen LogP contribution in [-0.4, -0.2) is 45.3 Å². The fourth-order valence-electron chi connectivity index (χ4n) is 3.40. The lowest BCUT2D eigenvalue weighted by atomic mass is 9.96. The van der Waals surface area contributed by atoms with E-state index in [0.717, 1.165) is 43.1 Å². The maximum Gasteiger partial charge on any atom is 0.225 e. The zero-order chi connectivity index (χ0) is 18.7. The van der Waals surface area contributed by atoms with Gasteiger partial charge in [0.15, 0.2) is 4.77 Å². The summed E-state index contributed by atoms with van der Waals surface area (Å²) in [4.78, 5) is 14.4. The van der Waals surface area contributed by atoms with Crippen molar-refractivity contribution in [3.8, 4) is 5.75 Å². The second-order valence-corrected chi connectivity index (χ2v) is 7.28. The topological polar surface area (TPSA) is 63.1 Å². The Morgan fingerprint density at radius 3 is 2.73 bits per heavy atom. The predicted octanol–water partition coefficient (Wildman–Crippen LogP) is 3.27. The van der Waals surface area contributed by atoms with Gasteiger partial charge in [-0.2, -0.15) is 5.10 Å². The quantitative estimate of drug-likeness (QED) is 0.816. The third kappa shape index (κ3) is 3.98. The van der Waals surface area contributed by atoms with E-state index in [1.165, 1.54) is 5.56 Å². The highest BCUT2D eigenvalue weighted by atomic mass is 32.1. The number of aromatic nitrogens is 3. The van der Waals surface area contributed by atoms with Crippen molar-refractivity contribution in [2.45, 2.75) is 39.0 Å². The van der Waals surface area contributed by atoms with E-state index in [0.29, 0.717) is 23.7 Å². The second-order valence-electron chi connectivity index (χ2n) is 6.90. The van der Waals surface area contributed by atoms with Gasteiger partial charge >= 0.3 is 0 Å². The van der Waals surface area contributed by atoms with Crippen LogP contribution >= 0.6 is 12.2 Å². The number of nitrogens with one attached hydrogen (secondary N) is 1. The Bertz CT molecular complexity index is 834. The van der Waals surface area contributed by atoms with Gasteiger partial charge in [0.2, 0.25) is 5.91 Å². The Labute approximate surface area is 159 Å². The van der Waals surface area contributed by atoms with Crippen molar-refractivity contribution in [1.29, 1.82) is 0 Å². The Morgan fingerprint density at radius 1 is 1.35 bits per heavy atom. The molecule has 1 fully saturated rings. The molecule has 1 aliphatic rings. The van der Waals surface area contributed by atoms with Crippen molar-refractivity contribution in [3.05, 3.63) is 39.9 Å². The Balaban J connectivity index is 1.47. The highest BCUT2D eigenvalue weighted by Gasteiger charge is 2.26. The summed E-state index contributed by atoms with van der Waals surface area (Å²) in [6.45, 7) is 6.03. The maximum atomic E-state index is 12.5. The Hall–Kier alpha value is -2.15. The molecule has 6 nitrogen and oxygen atoms in total. The third-order valence-electron chi connectivity index (χ3n) is 5.26. The number of aryl methyl sites for hydroxylation is 1. The number of hydrogen-bond acceptors (Lipinski definition) is 4. The number of aromatic amines is 1. The molecular weight excluding hydrogens is 348 g/mol. The molecule has 2 aromatic rings. The number of ether oxygens (including phenoxy) is 1. The molecule has 0 radical (unpaired) electrons. The first-order valence-electron chi connectivity index (χ1n) is 9.05. The molecule has 2 heterocycles. The van der Waals surface area contributed by atoms with Gasteiger partial charge in [0.1, 0.15) is 11.6 Å². The van der Waals surface area contributed by atoms with Crippen LogP contribution in [-0.2, 0) is 11.8 Å². The molecule has 7 heteroatoms. The average Bonchev–Trinajstić information content (AvgIpc) is 2.98. The van der Waals surface area contributed by atoms with Crippen molar-refractivity contribution < 1.29 is 9.53 Å². The molecule has 0 spiro atoms. The molecule has 1 aliphatic heterocycles. The summed E-state index contributed by atoms with van der Waals surface area (Å²) in [6.07, 6.45) is 2.23. The number of benzene rings is 1. The molecular formula is C19H26N4O2S. The molecule has 140 valence electrons. The largest absolute Gasteiger partial charge is 0.493 e. The van der Waals surface area contributed by atoms with Crippen molar-refractivity contribution in [2.75, 3.05) is 19.7 Å². The summed E-state index contributed by atoms with van der Waals surface area (Å²) in [6, 6.07) is 5.99. The van der Waals surface area contributed by atoms with E-state index in [2.05, 4.69) is 23.2 Å². The lowest BCUT2D eigenvalue weighted by Crippen LogP contribution is -2.38. The highest BCUT2D eigenvalue weighted by Crippen LogP contribution is 2.26. The Kier molecular flexibility index (Phi) is 5.76. The van der Waals surface area contributed by atoms with E-state index >= 15 is 0 Å². The van der Waals surface area contributed by atoms with Crippen LogP contribution in [0.4, 0.5) is 0 Å². The van der Waals surface area contributed by atoms with Gasteiger partial charge < -0.3 is 14.2 Å². The van der Waals surface area contributed by atoms with Crippen LogP contribution < -0.4 is 4.74 Å². The van der Waals surface area contributed by atoms with Gasteiger partial charge in [-0.05, 0) is 56.1 Å². The van der Waals surface area contributed by atoms with E-state index < -0.39 is 0 Å². The van der Waals surface area contributed by atoms with Gasteiger partial charge in [-0.25, -0.2) is 0 Å². The third-order valence-corrected chi connectivity index (χ3v) is 5.62. The maximum absolute atomic E-state index is 12.5. The first kappa shape index (κ1) is 18.6. The molecule has 0 unspecified atom stereocenters. The van der Waals surface area contributed by atoms with Crippen LogP contribution in [0.5, 0.6) is 5.75 Å². The zero-order valence-corrected chi connectivity index (χ0v) is 16.4. The summed E-state index contributed by atoms with van der Waals surface area (Å²) in [5.41, 5.74) is 2.33. The van der Waals surface area contributed by atoms with Gasteiger partial charge in [0.05, 0.1) is 13.0 Å². The van der Waals surface area contributed by atoms with Gasteiger partial charge in [-0.1, -0.05) is 12.1 Å². The summed E-state index contributed by atoms with van der Waals surface area (Å²) < 4.78 is 8.38. The summed E-state index contributed by atoms with van der Waals surface area (Å²) >= 11 is 5.18. The number of H-pyrrole nitrogens is 1. The first-order chi connectivity index (χ1) is 12.5. The molecule has 1 saturated heterocycles. The van der Waals surface area contributed by atoms with Crippen LogP contribution in [0.3, 0.4) is 0 Å². The summed E-state index contributed by atoms with van der Waals surface area (Å²) in [7, 11) is 1.93. The molecule has 0 bridgehead atoms. The number of likely N-dealkylation sites (tertiary alicyclic amines) is 1. The van der Waals surface area contributed by atoms with Gasteiger partial charge in [0, 0.05) is 26.1 Å². The number of nitrogens with zero attached hydrogens (tertiary/aromatic N) is 3. The van der Waals surface area contributed by atoms with E-state index in [1.807, 2.05) is 35.6 Å². The fourth-order valence-corrected chi connectivity index (χ4v) is 3.54. The molecule has 0 atom stereocenters. The lowest BCUT2D eigenvalue weighted by molar-refractivity contribution is -0.132. The normalized spacial score (nSPS) is 15.3. The number of carbonyl (C=O) groups is 1. The minimum atomic E-state index is 0.157. The van der Waals surface area contributed by atoms with Crippen LogP contribution in [0.15, 0.2) is 18.2 Å². The Morgan fingerprint density at radius 2 is 2.08 bits per heavy atom. The molecule has 1 aromatic carbocycles. The van der Waals surface area contributed by atoms with Crippen LogP contribution in [0.25, 0.3) is 0 Å². The van der Waals surface area contributed by atoms with Gasteiger partial charge in [-0.15, -0.1) is 0 Å². The number of carbonyl (C=O) groups excluding carboxylic acids is 1. The van der Waals surface area contributed by atoms with Crippen LogP contribution in [0.2, 0.25) is 0 Å². The van der Waals surface area contributed by atoms with Crippen LogP contribution in [0, 0.1) is 18.6 Å². The van der Waals surface area contributed by atoms with E-state index in [-0.39, 0.29) is 5.91 Å². The monoisotopic (exact) mass is 374 g/mol. The molecule has 1 amide bonds. The van der Waals surface area contributed by atoms with Crippen molar-refractivity contribution in [1.82, 2.24) is 19.7 Å². The van der Waals surface area contributed by atoms with E-state index in [9.17, 15) is 4.79 Å². The molecule has 1 N–H and O–H groups in total. The van der Waals surface area contributed by atoms with Crippen molar-refractivity contribution in [2.24, 2.45) is 7.05 Å². The number of amides is 1. The number of piperidine rings is 1. The number of rotatable bonds is 5. The summed E-state index contributed by atoms with van der Waals surface area (Å²) in [5, 5.41) is 7.17. The standard InChI is InChI=1S/C19H26N4O2S/c1-13-5-4-6-16(14(13)2)25-12-9-17(24)23-10-7-15(8-11-23)18-20-21-19(26)22(18)3/h4-6,15H,7-12H2,1-3H3,(H,21,26). The highest BCUT2D eigenvalue weighted by molar-refractivity contribution is 7.71. The van der Waals surface area contributed by atoms with E-state index in [4.69, 9.17) is 17.0 Å². The van der Waals surface area contributed by atoms with Gasteiger partial charge in [0.25, 0.3) is 0 Å². The zero-order valence-electron chi connectivity index (χ0n) is 15.6. The molecule has 3 rings (SSSR count). The van der Waals surface area contributed by atoms with Crippen molar-refractivity contribution >= 4 is 18.1 Å². The average molecular weight is 375 g/mol. The summed E-state index contributed by atoms with van der Waals surface area (Å²) in [5.74, 6) is 2.36. The first-order valence-corrected chi connectivity index (χ1v) is 9.46.